The molecular weight excluding hydrogens is 196 g/mol. The number of benzene rings is 1. The fourth-order valence-corrected chi connectivity index (χ4v) is 1.96. The molecule has 0 aliphatic rings. The zero-order chi connectivity index (χ0) is 11.8. The molecule has 1 aromatic carbocycles. The van der Waals surface area contributed by atoms with E-state index in [1.165, 1.54) is 5.56 Å². The molecule has 0 spiro atoms. The molecular formula is C14H24N2. The average molecular weight is 220 g/mol. The summed E-state index contributed by atoms with van der Waals surface area (Å²) in [5, 5.41) is 0. The maximum Gasteiger partial charge on any atom is 0.00189 e. The van der Waals surface area contributed by atoms with Crippen molar-refractivity contribution in [3.8, 4) is 0 Å². The number of hydrogen-bond donors (Lipinski definition) is 1. The first-order chi connectivity index (χ1) is 7.72. The lowest BCUT2D eigenvalue weighted by Crippen LogP contribution is -2.27. The second-order valence-corrected chi connectivity index (χ2v) is 4.68. The molecule has 0 bridgehead atoms. The standard InChI is InChI=1S/C14H24N2/c1-13(8-10-15)12-16(2)11-9-14-6-4-3-5-7-14/h3-7,13H,8-12,15H2,1-2H3. The van der Waals surface area contributed by atoms with Crippen molar-refractivity contribution in [2.75, 3.05) is 26.7 Å². The minimum Gasteiger partial charge on any atom is -0.330 e. The first kappa shape index (κ1) is 13.2. The van der Waals surface area contributed by atoms with Crippen LogP contribution < -0.4 is 5.73 Å². The molecule has 0 radical (unpaired) electrons. The molecule has 1 aromatic rings. The van der Waals surface area contributed by atoms with Gasteiger partial charge in [-0.05, 0) is 37.9 Å². The Morgan fingerprint density at radius 1 is 1.25 bits per heavy atom. The highest BCUT2D eigenvalue weighted by Crippen LogP contribution is 2.04. The SMILES string of the molecule is CC(CCN)CN(C)CCc1ccccc1. The van der Waals surface area contributed by atoms with E-state index in [-0.39, 0.29) is 0 Å². The van der Waals surface area contributed by atoms with Gasteiger partial charge >= 0.3 is 0 Å². The van der Waals surface area contributed by atoms with Gasteiger partial charge in [-0.1, -0.05) is 37.3 Å². The van der Waals surface area contributed by atoms with Crippen molar-refractivity contribution < 1.29 is 0 Å². The predicted molar refractivity (Wildman–Crippen MR) is 70.5 cm³/mol. The highest BCUT2D eigenvalue weighted by Gasteiger charge is 2.05. The third kappa shape index (κ3) is 5.29. The molecule has 0 aliphatic carbocycles. The minimum absolute atomic E-state index is 0.700. The van der Waals surface area contributed by atoms with E-state index < -0.39 is 0 Å². The molecule has 1 unspecified atom stereocenters. The molecule has 2 N–H and O–H groups in total. The predicted octanol–water partition coefficient (Wildman–Crippen LogP) is 2.15. The number of nitrogens with zero attached hydrogens (tertiary/aromatic N) is 1. The van der Waals surface area contributed by atoms with Crippen molar-refractivity contribution >= 4 is 0 Å². The lowest BCUT2D eigenvalue weighted by Gasteiger charge is -2.20. The van der Waals surface area contributed by atoms with Crippen molar-refractivity contribution in [2.45, 2.75) is 19.8 Å². The van der Waals surface area contributed by atoms with Gasteiger partial charge in [0.05, 0.1) is 0 Å². The van der Waals surface area contributed by atoms with Crippen LogP contribution in [0.5, 0.6) is 0 Å². The van der Waals surface area contributed by atoms with Gasteiger partial charge in [-0.15, -0.1) is 0 Å². The van der Waals surface area contributed by atoms with E-state index in [1.807, 2.05) is 0 Å². The summed E-state index contributed by atoms with van der Waals surface area (Å²) >= 11 is 0. The van der Waals surface area contributed by atoms with Gasteiger partial charge in [-0.3, -0.25) is 0 Å². The van der Waals surface area contributed by atoms with Gasteiger partial charge in [0.25, 0.3) is 0 Å². The first-order valence-electron chi connectivity index (χ1n) is 6.15. The quantitative estimate of drug-likeness (QED) is 0.763. The third-order valence-electron chi connectivity index (χ3n) is 2.91. The molecule has 0 aromatic heterocycles. The summed E-state index contributed by atoms with van der Waals surface area (Å²) in [6.45, 7) is 5.34. The zero-order valence-electron chi connectivity index (χ0n) is 10.5. The molecule has 2 nitrogen and oxygen atoms in total. The van der Waals surface area contributed by atoms with Crippen LogP contribution in [0.2, 0.25) is 0 Å². The molecule has 16 heavy (non-hydrogen) atoms. The number of nitrogens with two attached hydrogens (primary N) is 1. The molecule has 2 heteroatoms. The zero-order valence-corrected chi connectivity index (χ0v) is 10.5. The van der Waals surface area contributed by atoms with Crippen LogP contribution in [0.15, 0.2) is 30.3 Å². The van der Waals surface area contributed by atoms with Crippen LogP contribution in [0.3, 0.4) is 0 Å². The molecule has 1 atom stereocenters. The lowest BCUT2D eigenvalue weighted by atomic mass is 10.1. The third-order valence-corrected chi connectivity index (χ3v) is 2.91. The minimum atomic E-state index is 0.700. The van der Waals surface area contributed by atoms with Crippen LogP contribution >= 0.6 is 0 Å². The summed E-state index contributed by atoms with van der Waals surface area (Å²) in [6.07, 6.45) is 2.25. The molecule has 1 rings (SSSR count). The smallest absolute Gasteiger partial charge is 0.00189 e. The summed E-state index contributed by atoms with van der Waals surface area (Å²) in [5.74, 6) is 0.700. The fraction of sp³-hybridized carbons (Fsp3) is 0.571. The number of rotatable bonds is 7. The summed E-state index contributed by atoms with van der Waals surface area (Å²) < 4.78 is 0. The fourth-order valence-electron chi connectivity index (χ4n) is 1.96. The van der Waals surface area contributed by atoms with Gasteiger partial charge in [0.1, 0.15) is 0 Å². The average Bonchev–Trinajstić information content (AvgIpc) is 2.28. The molecule has 90 valence electrons. The molecule has 0 amide bonds. The van der Waals surface area contributed by atoms with E-state index in [1.54, 1.807) is 0 Å². The Kier molecular flexibility index (Phi) is 6.12. The summed E-state index contributed by atoms with van der Waals surface area (Å²) in [6, 6.07) is 10.7. The van der Waals surface area contributed by atoms with Gasteiger partial charge in [0.2, 0.25) is 0 Å². The maximum atomic E-state index is 5.55. The molecule has 0 fully saturated rings. The number of hydrogen-bond acceptors (Lipinski definition) is 2. The maximum absolute atomic E-state index is 5.55. The Balaban J connectivity index is 2.22. The molecule has 0 saturated heterocycles. The van der Waals surface area contributed by atoms with E-state index in [0.717, 1.165) is 32.5 Å². The topological polar surface area (TPSA) is 29.3 Å². The first-order valence-corrected chi connectivity index (χ1v) is 6.15. The van der Waals surface area contributed by atoms with Crippen molar-refractivity contribution in [2.24, 2.45) is 11.7 Å². The van der Waals surface area contributed by atoms with Gasteiger partial charge in [0.15, 0.2) is 0 Å². The Morgan fingerprint density at radius 3 is 2.56 bits per heavy atom. The van der Waals surface area contributed by atoms with Crippen molar-refractivity contribution in [3.63, 3.8) is 0 Å². The molecule has 0 aliphatic heterocycles. The summed E-state index contributed by atoms with van der Waals surface area (Å²) in [5.41, 5.74) is 6.97. The van der Waals surface area contributed by atoms with E-state index in [2.05, 4.69) is 49.2 Å². The van der Waals surface area contributed by atoms with E-state index in [0.29, 0.717) is 5.92 Å². The highest BCUT2D eigenvalue weighted by molar-refractivity contribution is 5.14. The van der Waals surface area contributed by atoms with Gasteiger partial charge in [-0.25, -0.2) is 0 Å². The summed E-state index contributed by atoms with van der Waals surface area (Å²) in [4.78, 5) is 2.40. The van der Waals surface area contributed by atoms with Crippen molar-refractivity contribution in [1.29, 1.82) is 0 Å². The second kappa shape index (κ2) is 7.42. The lowest BCUT2D eigenvalue weighted by molar-refractivity contribution is 0.283. The van der Waals surface area contributed by atoms with Crippen LogP contribution in [0.1, 0.15) is 18.9 Å². The van der Waals surface area contributed by atoms with E-state index in [9.17, 15) is 0 Å². The van der Waals surface area contributed by atoms with Gasteiger partial charge in [0, 0.05) is 13.1 Å². The Morgan fingerprint density at radius 2 is 1.94 bits per heavy atom. The van der Waals surface area contributed by atoms with Crippen LogP contribution in [-0.4, -0.2) is 31.6 Å². The highest BCUT2D eigenvalue weighted by atomic mass is 15.1. The van der Waals surface area contributed by atoms with Crippen molar-refractivity contribution in [1.82, 2.24) is 4.90 Å². The largest absolute Gasteiger partial charge is 0.330 e. The van der Waals surface area contributed by atoms with Crippen LogP contribution in [0, 0.1) is 5.92 Å². The molecule has 0 saturated carbocycles. The van der Waals surface area contributed by atoms with Gasteiger partial charge < -0.3 is 10.6 Å². The van der Waals surface area contributed by atoms with E-state index >= 15 is 0 Å². The summed E-state index contributed by atoms with van der Waals surface area (Å²) in [7, 11) is 2.19. The van der Waals surface area contributed by atoms with Crippen LogP contribution in [0.4, 0.5) is 0 Å². The Labute approximate surface area is 99.5 Å². The normalized spacial score (nSPS) is 13.0. The van der Waals surface area contributed by atoms with Crippen molar-refractivity contribution in [3.05, 3.63) is 35.9 Å². The van der Waals surface area contributed by atoms with E-state index in [4.69, 9.17) is 5.73 Å². The Hall–Kier alpha value is -0.860. The number of likely N-dealkylation sites (N-methyl/N-ethyl adjacent to an activating group) is 1. The molecule has 0 heterocycles. The Bertz CT molecular complexity index is 271. The van der Waals surface area contributed by atoms with Gasteiger partial charge in [-0.2, -0.15) is 0 Å². The second-order valence-electron chi connectivity index (χ2n) is 4.68. The monoisotopic (exact) mass is 220 g/mol. The van der Waals surface area contributed by atoms with Crippen LogP contribution in [0.25, 0.3) is 0 Å². The van der Waals surface area contributed by atoms with Crippen LogP contribution in [-0.2, 0) is 6.42 Å².